The van der Waals surface area contributed by atoms with Crippen LogP contribution in [0, 0.1) is 0 Å². The van der Waals surface area contributed by atoms with Gasteiger partial charge in [0.1, 0.15) is 5.82 Å². The first-order valence-corrected chi connectivity index (χ1v) is 6.74. The third kappa shape index (κ3) is 2.05. The summed E-state index contributed by atoms with van der Waals surface area (Å²) in [6.07, 6.45) is 6.44. The number of nitrogens with one attached hydrogen (secondary N) is 1. The van der Waals surface area contributed by atoms with Gasteiger partial charge < -0.3 is 4.98 Å². The molecular weight excluding hydrogens is 224 g/mol. The Bertz CT molecular complexity index is 579. The van der Waals surface area contributed by atoms with E-state index in [0.29, 0.717) is 5.92 Å². The molecule has 0 spiro atoms. The lowest BCUT2D eigenvalue weighted by molar-refractivity contribution is 0.101. The Morgan fingerprint density at radius 3 is 2.78 bits per heavy atom. The fourth-order valence-corrected chi connectivity index (χ4v) is 2.82. The molecule has 0 amide bonds. The van der Waals surface area contributed by atoms with Crippen LogP contribution in [0.4, 0.5) is 0 Å². The number of fused-ring (bicyclic) bond motifs is 1. The van der Waals surface area contributed by atoms with Gasteiger partial charge in [0.15, 0.2) is 5.78 Å². The molecule has 1 aromatic heterocycles. The van der Waals surface area contributed by atoms with E-state index in [-0.39, 0.29) is 5.78 Å². The number of hydrogen-bond donors (Lipinski definition) is 1. The maximum Gasteiger partial charge on any atom is 0.159 e. The van der Waals surface area contributed by atoms with E-state index in [0.717, 1.165) is 22.4 Å². The van der Waals surface area contributed by atoms with Crippen molar-refractivity contribution in [1.29, 1.82) is 0 Å². The Morgan fingerprint density at radius 2 is 2.06 bits per heavy atom. The number of hydrogen-bond acceptors (Lipinski definition) is 2. The van der Waals surface area contributed by atoms with Gasteiger partial charge in [-0.15, -0.1) is 0 Å². The van der Waals surface area contributed by atoms with Crippen LogP contribution < -0.4 is 0 Å². The molecule has 0 atom stereocenters. The minimum Gasteiger partial charge on any atom is -0.342 e. The van der Waals surface area contributed by atoms with Gasteiger partial charge in [-0.05, 0) is 38.0 Å². The summed E-state index contributed by atoms with van der Waals surface area (Å²) >= 11 is 0. The van der Waals surface area contributed by atoms with E-state index in [1.54, 1.807) is 6.92 Å². The second-order valence-corrected chi connectivity index (χ2v) is 5.25. The van der Waals surface area contributed by atoms with Crippen LogP contribution in [0.3, 0.4) is 0 Å². The number of aromatic amines is 1. The molecule has 0 aliphatic heterocycles. The molecular formula is C15H18N2O. The molecule has 1 heterocycles. The van der Waals surface area contributed by atoms with Gasteiger partial charge in [-0.1, -0.05) is 19.3 Å². The number of rotatable bonds is 2. The predicted molar refractivity (Wildman–Crippen MR) is 71.9 cm³/mol. The van der Waals surface area contributed by atoms with Crippen molar-refractivity contribution in [2.24, 2.45) is 0 Å². The quantitative estimate of drug-likeness (QED) is 0.814. The highest BCUT2D eigenvalue weighted by molar-refractivity contribution is 5.97. The predicted octanol–water partition coefficient (Wildman–Crippen LogP) is 3.81. The molecule has 3 rings (SSSR count). The number of carbonyl (C=O) groups is 1. The zero-order valence-electron chi connectivity index (χ0n) is 10.7. The summed E-state index contributed by atoms with van der Waals surface area (Å²) in [6, 6.07) is 5.71. The van der Waals surface area contributed by atoms with Crippen molar-refractivity contribution >= 4 is 16.8 Å². The van der Waals surface area contributed by atoms with E-state index in [4.69, 9.17) is 0 Å². The van der Waals surface area contributed by atoms with Gasteiger partial charge in [0.25, 0.3) is 0 Å². The summed E-state index contributed by atoms with van der Waals surface area (Å²) in [7, 11) is 0. The lowest BCUT2D eigenvalue weighted by atomic mass is 9.89. The van der Waals surface area contributed by atoms with Gasteiger partial charge in [-0.2, -0.15) is 0 Å². The van der Waals surface area contributed by atoms with Crippen molar-refractivity contribution in [2.45, 2.75) is 44.9 Å². The molecule has 94 valence electrons. The molecule has 1 aliphatic rings. The zero-order chi connectivity index (χ0) is 12.5. The van der Waals surface area contributed by atoms with Crippen molar-refractivity contribution in [3.05, 3.63) is 29.6 Å². The number of benzene rings is 1. The van der Waals surface area contributed by atoms with E-state index in [9.17, 15) is 4.79 Å². The first-order valence-electron chi connectivity index (χ1n) is 6.74. The zero-order valence-corrected chi connectivity index (χ0v) is 10.7. The largest absolute Gasteiger partial charge is 0.342 e. The molecule has 3 heteroatoms. The Morgan fingerprint density at radius 1 is 1.28 bits per heavy atom. The highest BCUT2D eigenvalue weighted by Gasteiger charge is 2.18. The minimum atomic E-state index is 0.103. The van der Waals surface area contributed by atoms with E-state index in [1.807, 2.05) is 18.2 Å². The summed E-state index contributed by atoms with van der Waals surface area (Å²) < 4.78 is 0. The smallest absolute Gasteiger partial charge is 0.159 e. The molecule has 0 bridgehead atoms. The summed E-state index contributed by atoms with van der Waals surface area (Å²) in [4.78, 5) is 19.4. The second-order valence-electron chi connectivity index (χ2n) is 5.25. The van der Waals surface area contributed by atoms with Crippen LogP contribution in [0.2, 0.25) is 0 Å². The minimum absolute atomic E-state index is 0.103. The van der Waals surface area contributed by atoms with Gasteiger partial charge in [0.2, 0.25) is 0 Å². The number of aromatic nitrogens is 2. The van der Waals surface area contributed by atoms with Gasteiger partial charge in [-0.25, -0.2) is 4.98 Å². The molecule has 1 saturated carbocycles. The van der Waals surface area contributed by atoms with Gasteiger partial charge >= 0.3 is 0 Å². The lowest BCUT2D eigenvalue weighted by Crippen LogP contribution is -2.05. The third-order valence-corrected chi connectivity index (χ3v) is 3.90. The van der Waals surface area contributed by atoms with Crippen LogP contribution in [0.5, 0.6) is 0 Å². The first-order chi connectivity index (χ1) is 8.74. The Balaban J connectivity index is 1.97. The van der Waals surface area contributed by atoms with Crippen LogP contribution in [0.1, 0.15) is 61.1 Å². The van der Waals surface area contributed by atoms with Crippen LogP contribution >= 0.6 is 0 Å². The standard InChI is InChI=1S/C15H18N2O/c1-10(18)12-7-8-13-14(9-12)17-15(16-13)11-5-3-2-4-6-11/h7-9,11H,2-6H2,1H3,(H,16,17). The van der Waals surface area contributed by atoms with E-state index in [1.165, 1.54) is 32.1 Å². The van der Waals surface area contributed by atoms with E-state index in [2.05, 4.69) is 9.97 Å². The van der Waals surface area contributed by atoms with Gasteiger partial charge in [0, 0.05) is 11.5 Å². The summed E-state index contributed by atoms with van der Waals surface area (Å²) in [6.45, 7) is 1.60. The number of carbonyl (C=O) groups excluding carboxylic acids is 1. The molecule has 0 radical (unpaired) electrons. The van der Waals surface area contributed by atoms with Crippen molar-refractivity contribution in [3.8, 4) is 0 Å². The molecule has 1 fully saturated rings. The monoisotopic (exact) mass is 242 g/mol. The number of imidazole rings is 1. The van der Waals surface area contributed by atoms with Crippen molar-refractivity contribution in [2.75, 3.05) is 0 Å². The highest BCUT2D eigenvalue weighted by Crippen LogP contribution is 2.32. The summed E-state index contributed by atoms with van der Waals surface area (Å²) in [5.74, 6) is 1.78. The summed E-state index contributed by atoms with van der Waals surface area (Å²) in [5, 5.41) is 0. The molecule has 18 heavy (non-hydrogen) atoms. The molecule has 2 aromatic rings. The second kappa shape index (κ2) is 4.56. The molecule has 0 saturated heterocycles. The SMILES string of the molecule is CC(=O)c1ccc2nc(C3CCCCC3)[nH]c2c1. The fraction of sp³-hybridized carbons (Fsp3) is 0.467. The van der Waals surface area contributed by atoms with Crippen molar-refractivity contribution < 1.29 is 4.79 Å². The van der Waals surface area contributed by atoms with Crippen LogP contribution in [-0.2, 0) is 0 Å². The third-order valence-electron chi connectivity index (χ3n) is 3.90. The van der Waals surface area contributed by atoms with Crippen LogP contribution in [0.25, 0.3) is 11.0 Å². The Labute approximate surface area is 107 Å². The Hall–Kier alpha value is -1.64. The number of H-pyrrole nitrogens is 1. The van der Waals surface area contributed by atoms with Gasteiger partial charge in [0.05, 0.1) is 11.0 Å². The lowest BCUT2D eigenvalue weighted by Gasteiger charge is -2.18. The number of ketones is 1. The molecule has 1 N–H and O–H groups in total. The topological polar surface area (TPSA) is 45.8 Å². The average Bonchev–Trinajstić information content (AvgIpc) is 2.82. The first kappa shape index (κ1) is 11.5. The average molecular weight is 242 g/mol. The number of Topliss-reactive ketones (excluding diaryl/α,β-unsaturated/α-hetero) is 1. The van der Waals surface area contributed by atoms with E-state index >= 15 is 0 Å². The maximum absolute atomic E-state index is 11.4. The normalized spacial score (nSPS) is 17.2. The summed E-state index contributed by atoms with van der Waals surface area (Å²) in [5.41, 5.74) is 2.71. The number of nitrogens with zero attached hydrogens (tertiary/aromatic N) is 1. The van der Waals surface area contributed by atoms with Gasteiger partial charge in [-0.3, -0.25) is 4.79 Å². The molecule has 1 aromatic carbocycles. The maximum atomic E-state index is 11.4. The molecule has 3 nitrogen and oxygen atoms in total. The highest BCUT2D eigenvalue weighted by atomic mass is 16.1. The Kier molecular flexibility index (Phi) is 2.90. The molecule has 0 unspecified atom stereocenters. The fourth-order valence-electron chi connectivity index (χ4n) is 2.82. The van der Waals surface area contributed by atoms with Crippen LogP contribution in [0.15, 0.2) is 18.2 Å². The molecule has 1 aliphatic carbocycles. The van der Waals surface area contributed by atoms with E-state index < -0.39 is 0 Å². The van der Waals surface area contributed by atoms with Crippen LogP contribution in [-0.4, -0.2) is 15.8 Å². The van der Waals surface area contributed by atoms with Crippen molar-refractivity contribution in [1.82, 2.24) is 9.97 Å². The van der Waals surface area contributed by atoms with Crippen molar-refractivity contribution in [3.63, 3.8) is 0 Å².